The highest BCUT2D eigenvalue weighted by molar-refractivity contribution is 4.99. The van der Waals surface area contributed by atoms with Gasteiger partial charge in [-0.25, -0.2) is 0 Å². The van der Waals surface area contributed by atoms with Gasteiger partial charge in [-0.1, -0.05) is 34.6 Å². The first-order valence-corrected chi connectivity index (χ1v) is 9.30. The van der Waals surface area contributed by atoms with Crippen molar-refractivity contribution in [1.82, 2.24) is 10.2 Å². The van der Waals surface area contributed by atoms with Crippen LogP contribution >= 0.6 is 0 Å². The average Bonchev–Trinajstić information content (AvgIpc) is 2.65. The Hall–Kier alpha value is -0.0800. The first kappa shape index (κ1) is 15.8. The molecule has 21 heavy (non-hydrogen) atoms. The van der Waals surface area contributed by atoms with Crippen LogP contribution in [0.25, 0.3) is 0 Å². The maximum Gasteiger partial charge on any atom is 0.0128 e. The summed E-state index contributed by atoms with van der Waals surface area (Å²) in [5, 5.41) is 3.81. The fourth-order valence-electron chi connectivity index (χ4n) is 6.13. The van der Waals surface area contributed by atoms with E-state index >= 15 is 0 Å². The molecule has 3 rings (SSSR count). The molecule has 122 valence electrons. The predicted octanol–water partition coefficient (Wildman–Crippen LogP) is 4.20. The second-order valence-electron chi connectivity index (χ2n) is 9.66. The first-order valence-electron chi connectivity index (χ1n) is 9.30. The molecule has 3 aliphatic rings. The van der Waals surface area contributed by atoms with Gasteiger partial charge in [0, 0.05) is 24.2 Å². The summed E-state index contributed by atoms with van der Waals surface area (Å²) in [6.45, 7) is 13.6. The molecule has 2 heterocycles. The van der Waals surface area contributed by atoms with Crippen molar-refractivity contribution in [2.75, 3.05) is 6.54 Å². The highest BCUT2D eigenvalue weighted by Gasteiger charge is 2.43. The molecule has 2 saturated heterocycles. The molecule has 2 heteroatoms. The Balaban J connectivity index is 1.73. The Morgan fingerprint density at radius 3 is 1.90 bits per heavy atom. The third kappa shape index (κ3) is 3.47. The number of nitrogens with zero attached hydrogens (tertiary/aromatic N) is 1. The van der Waals surface area contributed by atoms with Crippen LogP contribution in [0.1, 0.15) is 79.6 Å². The molecule has 3 fully saturated rings. The molecule has 0 aromatic heterocycles. The fourth-order valence-corrected chi connectivity index (χ4v) is 6.13. The van der Waals surface area contributed by atoms with E-state index in [1.165, 1.54) is 51.5 Å². The van der Waals surface area contributed by atoms with Crippen LogP contribution in [0.15, 0.2) is 0 Å². The molecule has 2 atom stereocenters. The quantitative estimate of drug-likeness (QED) is 0.839. The largest absolute Gasteiger partial charge is 0.311 e. The monoisotopic (exact) mass is 292 g/mol. The maximum atomic E-state index is 3.81. The number of nitrogens with one attached hydrogen (secondary N) is 1. The Bertz CT molecular complexity index is 346. The molecule has 0 spiro atoms. The Morgan fingerprint density at radius 1 is 0.905 bits per heavy atom. The van der Waals surface area contributed by atoms with Gasteiger partial charge in [0.05, 0.1) is 0 Å². The van der Waals surface area contributed by atoms with Gasteiger partial charge >= 0.3 is 0 Å². The van der Waals surface area contributed by atoms with Gasteiger partial charge in [-0.05, 0) is 62.3 Å². The average molecular weight is 293 g/mol. The molecule has 1 aliphatic carbocycles. The lowest BCUT2D eigenvalue weighted by molar-refractivity contribution is -0.00332. The summed E-state index contributed by atoms with van der Waals surface area (Å²) in [5.41, 5.74) is 1.01. The smallest absolute Gasteiger partial charge is 0.0128 e. The molecule has 2 bridgehead atoms. The third-order valence-electron chi connectivity index (χ3n) is 6.28. The van der Waals surface area contributed by atoms with E-state index in [-0.39, 0.29) is 0 Å². The van der Waals surface area contributed by atoms with Gasteiger partial charge in [0.2, 0.25) is 0 Å². The topological polar surface area (TPSA) is 15.3 Å². The maximum absolute atomic E-state index is 3.81. The standard InChI is InChI=1S/C19H36N2/c1-6-21(16-9-14-7-8-15(10-16)20-14)17-11-18(2,3)13-19(4,5)12-17/h14-17,20H,6-13H2,1-5H3. The molecule has 1 saturated carbocycles. The van der Waals surface area contributed by atoms with Crippen LogP contribution in [0.4, 0.5) is 0 Å². The van der Waals surface area contributed by atoms with Crippen LogP contribution in [0.2, 0.25) is 0 Å². The van der Waals surface area contributed by atoms with E-state index in [2.05, 4.69) is 44.8 Å². The minimum atomic E-state index is 0.506. The van der Waals surface area contributed by atoms with Crippen LogP contribution in [-0.4, -0.2) is 35.6 Å². The molecule has 2 unspecified atom stereocenters. The molecule has 0 radical (unpaired) electrons. The summed E-state index contributed by atoms with van der Waals surface area (Å²) < 4.78 is 0. The van der Waals surface area contributed by atoms with Gasteiger partial charge in [-0.15, -0.1) is 0 Å². The zero-order valence-electron chi connectivity index (χ0n) is 14.9. The normalized spacial score (nSPS) is 38.9. The highest BCUT2D eigenvalue weighted by atomic mass is 15.2. The third-order valence-corrected chi connectivity index (χ3v) is 6.28. The number of fused-ring (bicyclic) bond motifs is 2. The molecular formula is C19H36N2. The zero-order valence-corrected chi connectivity index (χ0v) is 14.9. The summed E-state index contributed by atoms with van der Waals surface area (Å²) in [5.74, 6) is 0. The molecule has 2 aliphatic heterocycles. The van der Waals surface area contributed by atoms with Crippen molar-refractivity contribution in [3.8, 4) is 0 Å². The Kier molecular flexibility index (Phi) is 4.16. The van der Waals surface area contributed by atoms with E-state index in [1.807, 2.05) is 0 Å². The summed E-state index contributed by atoms with van der Waals surface area (Å²) in [4.78, 5) is 2.90. The second-order valence-corrected chi connectivity index (χ2v) is 9.66. The van der Waals surface area contributed by atoms with E-state index in [4.69, 9.17) is 0 Å². The first-order chi connectivity index (χ1) is 9.78. The zero-order chi connectivity index (χ0) is 15.3. The van der Waals surface area contributed by atoms with E-state index in [9.17, 15) is 0 Å². The number of rotatable bonds is 3. The van der Waals surface area contributed by atoms with Crippen molar-refractivity contribution in [1.29, 1.82) is 0 Å². The molecule has 0 aromatic carbocycles. The van der Waals surface area contributed by atoms with Gasteiger partial charge in [0.15, 0.2) is 0 Å². The summed E-state index contributed by atoms with van der Waals surface area (Å²) in [6.07, 6.45) is 9.78. The van der Waals surface area contributed by atoms with Crippen LogP contribution < -0.4 is 5.32 Å². The van der Waals surface area contributed by atoms with Crippen LogP contribution in [0, 0.1) is 10.8 Å². The molecular weight excluding hydrogens is 256 g/mol. The van der Waals surface area contributed by atoms with Crippen molar-refractivity contribution < 1.29 is 0 Å². The lowest BCUT2D eigenvalue weighted by Gasteiger charge is -2.51. The molecule has 1 N–H and O–H groups in total. The van der Waals surface area contributed by atoms with E-state index in [0.717, 1.165) is 24.2 Å². The van der Waals surface area contributed by atoms with Crippen LogP contribution in [-0.2, 0) is 0 Å². The highest BCUT2D eigenvalue weighted by Crippen LogP contribution is 2.48. The van der Waals surface area contributed by atoms with Gasteiger partial charge < -0.3 is 5.32 Å². The summed E-state index contributed by atoms with van der Waals surface area (Å²) in [7, 11) is 0. The van der Waals surface area contributed by atoms with Crippen molar-refractivity contribution in [2.45, 2.75) is 104 Å². The Labute approximate surface area is 132 Å². The van der Waals surface area contributed by atoms with E-state index in [0.29, 0.717) is 10.8 Å². The molecule has 0 amide bonds. The van der Waals surface area contributed by atoms with Crippen molar-refractivity contribution in [3.05, 3.63) is 0 Å². The van der Waals surface area contributed by atoms with E-state index in [1.54, 1.807) is 0 Å². The van der Waals surface area contributed by atoms with Gasteiger partial charge in [-0.2, -0.15) is 0 Å². The minimum Gasteiger partial charge on any atom is -0.311 e. The SMILES string of the molecule is CCN(C1CC2CCC(C1)N2)C1CC(C)(C)CC(C)(C)C1. The van der Waals surface area contributed by atoms with Crippen molar-refractivity contribution in [2.24, 2.45) is 10.8 Å². The second kappa shape index (κ2) is 5.53. The lowest BCUT2D eigenvalue weighted by Crippen LogP contribution is -2.54. The van der Waals surface area contributed by atoms with E-state index < -0.39 is 0 Å². The number of hydrogen-bond donors (Lipinski definition) is 1. The Morgan fingerprint density at radius 2 is 1.43 bits per heavy atom. The minimum absolute atomic E-state index is 0.506. The van der Waals surface area contributed by atoms with Crippen molar-refractivity contribution >= 4 is 0 Å². The summed E-state index contributed by atoms with van der Waals surface area (Å²) in [6, 6.07) is 3.26. The number of piperidine rings is 1. The number of hydrogen-bond acceptors (Lipinski definition) is 2. The van der Waals surface area contributed by atoms with Gasteiger partial charge in [-0.3, -0.25) is 4.90 Å². The fraction of sp³-hybridized carbons (Fsp3) is 1.00. The summed E-state index contributed by atoms with van der Waals surface area (Å²) >= 11 is 0. The molecule has 2 nitrogen and oxygen atoms in total. The lowest BCUT2D eigenvalue weighted by atomic mass is 9.63. The van der Waals surface area contributed by atoms with Gasteiger partial charge in [0.25, 0.3) is 0 Å². The van der Waals surface area contributed by atoms with Crippen molar-refractivity contribution in [3.63, 3.8) is 0 Å². The predicted molar refractivity (Wildman–Crippen MR) is 90.5 cm³/mol. The molecule has 0 aromatic rings. The van der Waals surface area contributed by atoms with Crippen LogP contribution in [0.3, 0.4) is 0 Å². The van der Waals surface area contributed by atoms with Gasteiger partial charge in [0.1, 0.15) is 0 Å². The van der Waals surface area contributed by atoms with Crippen LogP contribution in [0.5, 0.6) is 0 Å².